The number of carbonyl (C=O) groups excluding carboxylic acids is 2. The molecule has 2 amide bonds. The molecular weight excluding hydrogens is 863 g/mol. The Hall–Kier alpha value is -3.58. The summed E-state index contributed by atoms with van der Waals surface area (Å²) in [5.41, 5.74) is 5.00. The quantitative estimate of drug-likeness (QED) is 0.0435. The van der Waals surface area contributed by atoms with Crippen LogP contribution in [0.1, 0.15) is 116 Å². The molecule has 0 bridgehead atoms. The van der Waals surface area contributed by atoms with Gasteiger partial charge in [-0.15, -0.1) is 16.4 Å². The highest BCUT2D eigenvalue weighted by Gasteiger charge is 2.12. The Kier molecular flexibility index (Phi) is 24.0. The number of thiazole rings is 1. The Balaban J connectivity index is 0.000000425. The summed E-state index contributed by atoms with van der Waals surface area (Å²) in [6, 6.07) is 21.8. The molecule has 0 fully saturated rings. The topological polar surface area (TPSA) is 141 Å². The first-order valence-corrected chi connectivity index (χ1v) is 22.4. The summed E-state index contributed by atoms with van der Waals surface area (Å²) in [6.07, 6.45) is 3.08. The van der Waals surface area contributed by atoms with E-state index in [4.69, 9.17) is 41.4 Å². The summed E-state index contributed by atoms with van der Waals surface area (Å²) in [6.45, 7) is 12.7. The number of aromatic nitrogens is 5. The van der Waals surface area contributed by atoms with Gasteiger partial charge in [0.05, 0.1) is 10.2 Å². The minimum atomic E-state index is -0.173. The van der Waals surface area contributed by atoms with E-state index in [1.165, 1.54) is 56.9 Å². The predicted octanol–water partition coefficient (Wildman–Crippen LogP) is 14.7. The van der Waals surface area contributed by atoms with Crippen molar-refractivity contribution in [2.24, 2.45) is 5.92 Å². The van der Waals surface area contributed by atoms with Crippen molar-refractivity contribution in [1.29, 1.82) is 0 Å². The predicted molar refractivity (Wildman–Crippen MR) is 259 cm³/mol. The lowest BCUT2D eigenvalue weighted by Gasteiger charge is -2.10. The van der Waals surface area contributed by atoms with Crippen LogP contribution in [0.5, 0.6) is 5.75 Å². The first-order valence-electron chi connectivity index (χ1n) is 17.7. The summed E-state index contributed by atoms with van der Waals surface area (Å²) < 4.78 is 9.67. The van der Waals surface area contributed by atoms with Gasteiger partial charge in [-0.05, 0) is 121 Å². The Labute approximate surface area is 375 Å². The molecular formula is C41H57N7O3S7. The van der Waals surface area contributed by atoms with Gasteiger partial charge in [-0.2, -0.15) is 5.10 Å². The molecule has 0 saturated carbocycles. The molecule has 6 aromatic rings. The zero-order chi connectivity index (χ0) is 39.9. The summed E-state index contributed by atoms with van der Waals surface area (Å²) in [5.74, 6) is 2.45. The van der Waals surface area contributed by atoms with Crippen molar-refractivity contribution in [2.75, 3.05) is 16.6 Å². The van der Waals surface area contributed by atoms with Crippen molar-refractivity contribution >= 4 is 115 Å². The molecule has 3 atom stereocenters. The zero-order valence-corrected chi connectivity index (χ0v) is 37.1. The second-order valence-electron chi connectivity index (χ2n) is 12.5. The van der Waals surface area contributed by atoms with Gasteiger partial charge in [0.15, 0.2) is 16.2 Å². The number of carbonyl (C=O) groups is 2. The average molecular weight is 920 g/mol. The van der Waals surface area contributed by atoms with Crippen LogP contribution >= 0.6 is 82.4 Å². The molecule has 3 heterocycles. The maximum Gasteiger partial charge on any atom is 0.257 e. The van der Waals surface area contributed by atoms with Gasteiger partial charge in [0.25, 0.3) is 5.91 Å². The molecule has 10 nitrogen and oxygen atoms in total. The molecule has 316 valence electrons. The fraction of sp³-hybridized carbons (Fsp3) is 0.390. The van der Waals surface area contributed by atoms with Gasteiger partial charge in [-0.3, -0.25) is 25.1 Å². The van der Waals surface area contributed by atoms with Crippen LogP contribution in [0.4, 0.5) is 10.8 Å². The van der Waals surface area contributed by atoms with Gasteiger partial charge in [0.2, 0.25) is 11.0 Å². The second-order valence-corrected chi connectivity index (χ2v) is 18.7. The Bertz CT molecular complexity index is 2290. The Morgan fingerprint density at radius 2 is 1.33 bits per heavy atom. The Morgan fingerprint density at radius 1 is 0.741 bits per heavy atom. The number of H-pyrrole nitrogens is 3. The van der Waals surface area contributed by atoms with E-state index in [9.17, 15) is 9.59 Å². The molecule has 0 aliphatic rings. The number of fused-ring (bicyclic) bond motifs is 1. The van der Waals surface area contributed by atoms with Crippen LogP contribution in [0, 0.1) is 17.8 Å². The summed E-state index contributed by atoms with van der Waals surface area (Å²) in [4.78, 5) is 26.8. The van der Waals surface area contributed by atoms with Gasteiger partial charge in [-0.25, -0.2) is 0 Å². The lowest BCUT2D eigenvalue weighted by Crippen LogP contribution is -2.19. The van der Waals surface area contributed by atoms with Crippen LogP contribution in [0.25, 0.3) is 10.2 Å². The molecule has 17 heteroatoms. The molecule has 0 radical (unpaired) electrons. The molecule has 0 saturated heterocycles. The van der Waals surface area contributed by atoms with Crippen molar-refractivity contribution in [1.82, 2.24) is 25.4 Å². The molecule has 5 N–H and O–H groups in total. The Morgan fingerprint density at radius 3 is 1.86 bits per heavy atom. The third-order valence-corrected chi connectivity index (χ3v) is 12.9. The van der Waals surface area contributed by atoms with Crippen LogP contribution in [0.2, 0.25) is 0 Å². The van der Waals surface area contributed by atoms with E-state index >= 15 is 0 Å². The molecule has 3 aromatic carbocycles. The van der Waals surface area contributed by atoms with Gasteiger partial charge >= 0.3 is 0 Å². The molecule has 0 spiro atoms. The normalized spacial score (nSPS) is 11.7. The van der Waals surface area contributed by atoms with Crippen molar-refractivity contribution < 1.29 is 14.3 Å². The maximum atomic E-state index is 12.0. The molecule has 0 aliphatic heterocycles. The van der Waals surface area contributed by atoms with E-state index in [0.717, 1.165) is 49.2 Å². The summed E-state index contributed by atoms with van der Waals surface area (Å²) in [7, 11) is 0. The number of thioether (sulfide) groups is 1. The lowest BCUT2D eigenvalue weighted by molar-refractivity contribution is -0.119. The summed E-state index contributed by atoms with van der Waals surface area (Å²) in [5, 5.41) is 19.4. The molecule has 6 rings (SSSR count). The third kappa shape index (κ3) is 16.6. The van der Waals surface area contributed by atoms with E-state index in [0.29, 0.717) is 36.4 Å². The lowest BCUT2D eigenvalue weighted by atomic mass is 9.97. The minimum absolute atomic E-state index is 0. The van der Waals surface area contributed by atoms with Crippen molar-refractivity contribution in [2.45, 2.75) is 99.3 Å². The summed E-state index contributed by atoms with van der Waals surface area (Å²) >= 11 is 20.7. The van der Waals surface area contributed by atoms with Crippen LogP contribution in [0.15, 0.2) is 71.1 Å². The minimum Gasteiger partial charge on any atom is -0.483 e. The largest absolute Gasteiger partial charge is 0.483 e. The number of anilines is 2. The van der Waals surface area contributed by atoms with Crippen LogP contribution in [-0.2, 0) is 4.79 Å². The highest BCUT2D eigenvalue weighted by Crippen LogP contribution is 2.26. The number of hydrogen-bond acceptors (Lipinski definition) is 12. The number of benzene rings is 3. The van der Waals surface area contributed by atoms with E-state index in [-0.39, 0.29) is 40.0 Å². The van der Waals surface area contributed by atoms with Crippen LogP contribution < -0.4 is 15.4 Å². The third-order valence-electron chi connectivity index (χ3n) is 8.65. The zero-order valence-electron chi connectivity index (χ0n) is 31.4. The molecule has 0 aliphatic carbocycles. The van der Waals surface area contributed by atoms with Gasteiger partial charge in [-0.1, -0.05) is 123 Å². The fourth-order valence-electron chi connectivity index (χ4n) is 4.69. The standard InChI is InChI=1S/C13H15N3OS2.C13H16N2OS3.C12H14N2OS2.3CH4/c1-3-8(2)9-4-6-10(7-5-9)11(17)14-12-15-16-13(18)19-12;1-3-9(2)10-4-6-11(7-5-10)16-8-18-13-15-14-12(17)19-13;1-3-7(2)11(15)13-8-4-5-10-9(6-8)14-12(16)17-10;;;/h4-8H,3H2,1-2H3,(H,16,18)(H,14,15,17);4-7,9H,3,8H2,1-2H3,(H,14,17);4-7H,3H2,1-2H3,(H,13,15)(H,14,16);3*1H4. The van der Waals surface area contributed by atoms with Crippen molar-refractivity contribution in [3.05, 3.63) is 95.3 Å². The van der Waals surface area contributed by atoms with E-state index in [2.05, 4.69) is 75.8 Å². The van der Waals surface area contributed by atoms with Crippen molar-refractivity contribution in [3.8, 4) is 5.75 Å². The number of amides is 2. The second kappa shape index (κ2) is 26.5. The van der Waals surface area contributed by atoms with Crippen LogP contribution in [0.3, 0.4) is 0 Å². The number of aromatic amines is 3. The van der Waals surface area contributed by atoms with Crippen LogP contribution in [-0.4, -0.2) is 43.1 Å². The first kappa shape index (κ1) is 52.4. The number of nitrogens with one attached hydrogen (secondary N) is 5. The fourth-order valence-corrected chi connectivity index (χ4v) is 8.38. The van der Waals surface area contributed by atoms with Gasteiger partial charge < -0.3 is 15.0 Å². The smallest absolute Gasteiger partial charge is 0.257 e. The number of hydrogen-bond donors (Lipinski definition) is 5. The maximum absolute atomic E-state index is 12.0. The highest BCUT2D eigenvalue weighted by molar-refractivity contribution is 8.01. The SMILES string of the molecule is C.C.C.CCC(C)C(=O)Nc1ccc2sc(=S)[nH]c2c1.CCC(C)c1ccc(C(=O)Nc2n[nH]c(=S)s2)cc1.CCC(C)c1ccc(OCSc2n[nH]c(=S)s2)cc1. The highest BCUT2D eigenvalue weighted by atomic mass is 32.2. The monoisotopic (exact) mass is 919 g/mol. The van der Waals surface area contributed by atoms with Gasteiger partial charge in [0.1, 0.15) is 11.7 Å². The molecule has 58 heavy (non-hydrogen) atoms. The van der Waals surface area contributed by atoms with E-state index in [1.807, 2.05) is 68.4 Å². The molecule has 3 aromatic heterocycles. The van der Waals surface area contributed by atoms with E-state index in [1.54, 1.807) is 0 Å². The number of nitrogens with zero attached hydrogens (tertiary/aromatic N) is 2. The van der Waals surface area contributed by atoms with Gasteiger partial charge in [0, 0.05) is 17.2 Å². The number of ether oxygens (including phenoxy) is 1. The first-order chi connectivity index (χ1) is 26.4. The van der Waals surface area contributed by atoms with Crippen molar-refractivity contribution in [3.63, 3.8) is 0 Å². The van der Waals surface area contributed by atoms with E-state index < -0.39 is 0 Å². The number of rotatable bonds is 13. The molecule has 3 unspecified atom stereocenters. The average Bonchev–Trinajstić information content (AvgIpc) is 3.92.